The number of aromatic nitrogens is 2. The molecule has 0 spiro atoms. The van der Waals surface area contributed by atoms with E-state index in [1.54, 1.807) is 21.9 Å². The molecular formula is C23H19F3N4O3. The van der Waals surface area contributed by atoms with Crippen LogP contribution in [-0.2, 0) is 17.5 Å². The maximum atomic E-state index is 13.4. The van der Waals surface area contributed by atoms with Crippen LogP contribution in [-0.4, -0.2) is 44.8 Å². The van der Waals surface area contributed by atoms with E-state index in [0.717, 1.165) is 17.5 Å². The quantitative estimate of drug-likeness (QED) is 0.578. The van der Waals surface area contributed by atoms with Crippen LogP contribution in [0, 0.1) is 0 Å². The van der Waals surface area contributed by atoms with E-state index in [1.807, 2.05) is 30.3 Å². The standard InChI is InChI=1S/C23H19F3N4O3/c24-23(25,26)22-27-20(28-33-22)15-8-9-16-12-30(21(32)17(16)11-15)18(14-5-2-1-3-6-14)13-29-10-4-7-19(29)31/h1-3,5-6,8-9,11,18H,4,7,10,12-13H2. The topological polar surface area (TPSA) is 79.5 Å². The maximum Gasteiger partial charge on any atom is 0.471 e. The highest BCUT2D eigenvalue weighted by Crippen LogP contribution is 2.35. The maximum absolute atomic E-state index is 13.4. The second-order valence-electron chi connectivity index (χ2n) is 8.10. The summed E-state index contributed by atoms with van der Waals surface area (Å²) in [6.07, 6.45) is -3.45. The molecule has 2 aliphatic heterocycles. The summed E-state index contributed by atoms with van der Waals surface area (Å²) >= 11 is 0. The van der Waals surface area contributed by atoms with E-state index in [9.17, 15) is 22.8 Å². The second-order valence-corrected chi connectivity index (χ2v) is 8.10. The van der Waals surface area contributed by atoms with Gasteiger partial charge in [0.05, 0.1) is 6.04 Å². The first kappa shape index (κ1) is 21.2. The molecule has 33 heavy (non-hydrogen) atoms. The zero-order chi connectivity index (χ0) is 23.2. The summed E-state index contributed by atoms with van der Waals surface area (Å²) in [5, 5.41) is 3.41. The SMILES string of the molecule is O=C1CCCN1CC(c1ccccc1)N1Cc2ccc(-c3noc(C(F)(F)F)n3)cc2C1=O. The normalized spacial score (nSPS) is 17.1. The van der Waals surface area contributed by atoms with Gasteiger partial charge in [0.15, 0.2) is 0 Å². The van der Waals surface area contributed by atoms with Crippen LogP contribution in [0.25, 0.3) is 11.4 Å². The van der Waals surface area contributed by atoms with Gasteiger partial charge < -0.3 is 14.3 Å². The third-order valence-electron chi connectivity index (χ3n) is 5.99. The zero-order valence-electron chi connectivity index (χ0n) is 17.4. The number of carbonyl (C=O) groups excluding carboxylic acids is 2. The predicted molar refractivity (Wildman–Crippen MR) is 110 cm³/mol. The monoisotopic (exact) mass is 456 g/mol. The van der Waals surface area contributed by atoms with Crippen LogP contribution in [0.2, 0.25) is 0 Å². The number of hydrogen-bond acceptors (Lipinski definition) is 5. The Balaban J connectivity index is 1.45. The molecule has 170 valence electrons. The van der Waals surface area contributed by atoms with Crippen molar-refractivity contribution >= 4 is 11.8 Å². The molecule has 1 fully saturated rings. The fourth-order valence-corrected chi connectivity index (χ4v) is 4.34. The number of nitrogens with zero attached hydrogens (tertiary/aromatic N) is 4. The molecule has 2 aliphatic rings. The van der Waals surface area contributed by atoms with Crippen molar-refractivity contribution in [3.63, 3.8) is 0 Å². The molecule has 1 aromatic heterocycles. The Morgan fingerprint density at radius 3 is 2.55 bits per heavy atom. The lowest BCUT2D eigenvalue weighted by atomic mass is 10.0. The molecule has 10 heteroatoms. The first-order chi connectivity index (χ1) is 15.8. The van der Waals surface area contributed by atoms with Gasteiger partial charge in [0.2, 0.25) is 11.7 Å². The van der Waals surface area contributed by atoms with Crippen molar-refractivity contribution in [3.8, 4) is 11.4 Å². The number of halogens is 3. The van der Waals surface area contributed by atoms with Crippen LogP contribution in [0.15, 0.2) is 53.1 Å². The van der Waals surface area contributed by atoms with Gasteiger partial charge in [0, 0.05) is 37.2 Å². The van der Waals surface area contributed by atoms with Crippen molar-refractivity contribution in [2.75, 3.05) is 13.1 Å². The number of fused-ring (bicyclic) bond motifs is 1. The van der Waals surface area contributed by atoms with Crippen LogP contribution in [0.3, 0.4) is 0 Å². The summed E-state index contributed by atoms with van der Waals surface area (Å²) in [5.74, 6) is -1.86. The average molecular weight is 456 g/mol. The summed E-state index contributed by atoms with van der Waals surface area (Å²) in [5.41, 5.74) is 2.29. The molecule has 0 radical (unpaired) electrons. The largest absolute Gasteiger partial charge is 0.471 e. The van der Waals surface area contributed by atoms with E-state index in [-0.39, 0.29) is 29.2 Å². The van der Waals surface area contributed by atoms with Gasteiger partial charge in [-0.15, -0.1) is 0 Å². The Morgan fingerprint density at radius 2 is 1.88 bits per heavy atom. The fraction of sp³-hybridized carbons (Fsp3) is 0.304. The number of rotatable bonds is 5. The molecule has 2 aromatic carbocycles. The number of benzene rings is 2. The molecule has 0 bridgehead atoms. The number of amides is 2. The van der Waals surface area contributed by atoms with Crippen LogP contribution in [0.4, 0.5) is 13.2 Å². The van der Waals surface area contributed by atoms with Gasteiger partial charge in [0.25, 0.3) is 5.91 Å². The lowest BCUT2D eigenvalue weighted by Gasteiger charge is -2.32. The van der Waals surface area contributed by atoms with Crippen molar-refractivity contribution in [2.24, 2.45) is 0 Å². The summed E-state index contributed by atoms with van der Waals surface area (Å²) in [7, 11) is 0. The Bertz CT molecular complexity index is 1210. The van der Waals surface area contributed by atoms with Crippen LogP contribution >= 0.6 is 0 Å². The summed E-state index contributed by atoms with van der Waals surface area (Å²) in [6, 6.07) is 13.9. The van der Waals surface area contributed by atoms with E-state index in [1.165, 1.54) is 6.07 Å². The van der Waals surface area contributed by atoms with Gasteiger partial charge in [0.1, 0.15) is 0 Å². The van der Waals surface area contributed by atoms with E-state index in [4.69, 9.17) is 0 Å². The zero-order valence-corrected chi connectivity index (χ0v) is 17.4. The number of hydrogen-bond donors (Lipinski definition) is 0. The third-order valence-corrected chi connectivity index (χ3v) is 5.99. The first-order valence-electron chi connectivity index (χ1n) is 10.5. The van der Waals surface area contributed by atoms with Crippen molar-refractivity contribution in [1.29, 1.82) is 0 Å². The van der Waals surface area contributed by atoms with E-state index in [0.29, 0.717) is 31.6 Å². The molecular weight excluding hydrogens is 437 g/mol. The molecule has 1 saturated heterocycles. The lowest BCUT2D eigenvalue weighted by Crippen LogP contribution is -2.39. The molecule has 2 amide bonds. The number of alkyl halides is 3. The van der Waals surface area contributed by atoms with Gasteiger partial charge in [-0.25, -0.2) is 0 Å². The van der Waals surface area contributed by atoms with E-state index >= 15 is 0 Å². The van der Waals surface area contributed by atoms with E-state index in [2.05, 4.69) is 14.7 Å². The minimum absolute atomic E-state index is 0.0694. The molecule has 0 aliphatic carbocycles. The van der Waals surface area contributed by atoms with Crippen LogP contribution < -0.4 is 0 Å². The Kier molecular flexibility index (Phi) is 5.15. The molecule has 1 unspecified atom stereocenters. The highest BCUT2D eigenvalue weighted by molar-refractivity contribution is 5.99. The minimum Gasteiger partial charge on any atom is -0.340 e. The van der Waals surface area contributed by atoms with Gasteiger partial charge in [-0.2, -0.15) is 18.2 Å². The average Bonchev–Trinajstić information content (AvgIpc) is 3.52. The predicted octanol–water partition coefficient (Wildman–Crippen LogP) is 4.07. The van der Waals surface area contributed by atoms with Crippen molar-refractivity contribution < 1.29 is 27.3 Å². The number of likely N-dealkylation sites (tertiary alicyclic amines) is 1. The molecule has 7 nitrogen and oxygen atoms in total. The fourth-order valence-electron chi connectivity index (χ4n) is 4.34. The smallest absolute Gasteiger partial charge is 0.340 e. The molecule has 3 heterocycles. The van der Waals surface area contributed by atoms with Gasteiger partial charge >= 0.3 is 12.1 Å². The minimum atomic E-state index is -4.75. The third kappa shape index (κ3) is 3.96. The summed E-state index contributed by atoms with van der Waals surface area (Å²) in [4.78, 5) is 32.5. The van der Waals surface area contributed by atoms with Gasteiger partial charge in [-0.1, -0.05) is 47.6 Å². The Morgan fingerprint density at radius 1 is 1.09 bits per heavy atom. The molecule has 5 rings (SSSR count). The lowest BCUT2D eigenvalue weighted by molar-refractivity contribution is -0.159. The highest BCUT2D eigenvalue weighted by atomic mass is 19.4. The van der Waals surface area contributed by atoms with Gasteiger partial charge in [-0.05, 0) is 23.6 Å². The highest BCUT2D eigenvalue weighted by Gasteiger charge is 2.39. The molecule has 1 atom stereocenters. The van der Waals surface area contributed by atoms with E-state index < -0.39 is 12.1 Å². The van der Waals surface area contributed by atoms with Crippen LogP contribution in [0.5, 0.6) is 0 Å². The number of carbonyl (C=O) groups is 2. The van der Waals surface area contributed by atoms with Crippen molar-refractivity contribution in [3.05, 3.63) is 71.1 Å². The molecule has 0 saturated carbocycles. The summed E-state index contributed by atoms with van der Waals surface area (Å²) < 4.78 is 42.7. The van der Waals surface area contributed by atoms with Crippen LogP contribution in [0.1, 0.15) is 46.3 Å². The first-order valence-corrected chi connectivity index (χ1v) is 10.5. The molecule has 0 N–H and O–H groups in total. The van der Waals surface area contributed by atoms with Crippen molar-refractivity contribution in [1.82, 2.24) is 19.9 Å². The molecule has 3 aromatic rings. The summed E-state index contributed by atoms with van der Waals surface area (Å²) in [6.45, 7) is 1.37. The Hall–Kier alpha value is -3.69. The Labute approximate surface area is 186 Å². The van der Waals surface area contributed by atoms with Gasteiger partial charge in [-0.3, -0.25) is 9.59 Å². The van der Waals surface area contributed by atoms with Crippen molar-refractivity contribution in [2.45, 2.75) is 31.6 Å². The second kappa shape index (κ2) is 8.02.